The van der Waals surface area contributed by atoms with Crippen LogP contribution in [0.5, 0.6) is 5.75 Å². The molecule has 0 saturated carbocycles. The second-order valence-electron chi connectivity index (χ2n) is 5.14. The first-order valence-corrected chi connectivity index (χ1v) is 7.44. The van der Waals surface area contributed by atoms with Crippen LogP contribution in [-0.2, 0) is 16.0 Å². The number of carbonyl (C=O) groups excluding carboxylic acids is 2. The molecule has 2 N–H and O–H groups in total. The van der Waals surface area contributed by atoms with Crippen molar-refractivity contribution < 1.29 is 18.7 Å². The van der Waals surface area contributed by atoms with E-state index in [-0.39, 0.29) is 25.3 Å². The van der Waals surface area contributed by atoms with Crippen molar-refractivity contribution in [1.29, 1.82) is 0 Å². The van der Waals surface area contributed by atoms with E-state index in [0.717, 1.165) is 0 Å². The number of ether oxygens (including phenoxy) is 1. The lowest BCUT2D eigenvalue weighted by atomic mass is 10.1. The standard InChI is InChI=1S/C15H18ClFN2O3/c1-2-22-14-9(4-3-5-11(14)16)6-13(20)19-8-10(17)7-12(19)15(18)21/h3-5,10,12H,2,6-8H2,1H3,(H2,18,21)/t10-,12+/m1/s1. The summed E-state index contributed by atoms with van der Waals surface area (Å²) < 4.78 is 19.0. The quantitative estimate of drug-likeness (QED) is 0.894. The molecule has 1 aliphatic rings. The largest absolute Gasteiger partial charge is 0.492 e. The fraction of sp³-hybridized carbons (Fsp3) is 0.467. The lowest BCUT2D eigenvalue weighted by molar-refractivity contribution is -0.136. The van der Waals surface area contributed by atoms with Gasteiger partial charge in [0.15, 0.2) is 0 Å². The Morgan fingerprint density at radius 2 is 2.23 bits per heavy atom. The van der Waals surface area contributed by atoms with Gasteiger partial charge in [0.2, 0.25) is 11.8 Å². The summed E-state index contributed by atoms with van der Waals surface area (Å²) >= 11 is 6.07. The molecule has 1 aliphatic heterocycles. The third-order valence-corrected chi connectivity index (χ3v) is 3.88. The van der Waals surface area contributed by atoms with Gasteiger partial charge in [0.1, 0.15) is 18.0 Å². The van der Waals surface area contributed by atoms with Gasteiger partial charge in [-0.3, -0.25) is 9.59 Å². The van der Waals surface area contributed by atoms with Crippen LogP contribution in [0.4, 0.5) is 4.39 Å². The molecule has 1 fully saturated rings. The molecule has 2 atom stereocenters. The third kappa shape index (κ3) is 3.50. The minimum atomic E-state index is -1.23. The minimum absolute atomic E-state index is 0.0214. The van der Waals surface area contributed by atoms with Crippen molar-refractivity contribution in [2.75, 3.05) is 13.2 Å². The Balaban J connectivity index is 2.18. The summed E-state index contributed by atoms with van der Waals surface area (Å²) in [5.41, 5.74) is 5.84. The van der Waals surface area contributed by atoms with Gasteiger partial charge in [0, 0.05) is 12.0 Å². The Bertz CT molecular complexity index is 582. The van der Waals surface area contributed by atoms with Crippen LogP contribution in [0.25, 0.3) is 0 Å². The molecule has 2 amide bonds. The second-order valence-corrected chi connectivity index (χ2v) is 5.54. The molecule has 0 radical (unpaired) electrons. The molecule has 1 aromatic rings. The first-order valence-electron chi connectivity index (χ1n) is 7.07. The number of nitrogens with two attached hydrogens (primary N) is 1. The third-order valence-electron chi connectivity index (χ3n) is 3.58. The van der Waals surface area contributed by atoms with Crippen LogP contribution in [-0.4, -0.2) is 42.1 Å². The number of rotatable bonds is 5. The number of primary amides is 1. The number of benzene rings is 1. The van der Waals surface area contributed by atoms with Crippen molar-refractivity contribution in [2.24, 2.45) is 5.73 Å². The van der Waals surface area contributed by atoms with E-state index in [0.29, 0.717) is 22.9 Å². The number of amides is 2. The van der Waals surface area contributed by atoms with Gasteiger partial charge in [0.05, 0.1) is 24.6 Å². The van der Waals surface area contributed by atoms with E-state index < -0.39 is 18.1 Å². The van der Waals surface area contributed by atoms with Crippen LogP contribution in [0, 0.1) is 0 Å². The minimum Gasteiger partial charge on any atom is -0.492 e. The fourth-order valence-electron chi connectivity index (χ4n) is 2.59. The van der Waals surface area contributed by atoms with Gasteiger partial charge in [-0.2, -0.15) is 0 Å². The smallest absolute Gasteiger partial charge is 0.240 e. The normalized spacial score (nSPS) is 21.0. The maximum atomic E-state index is 13.5. The molecule has 1 heterocycles. The Hall–Kier alpha value is -1.82. The van der Waals surface area contributed by atoms with Gasteiger partial charge >= 0.3 is 0 Å². The number of halogens is 2. The van der Waals surface area contributed by atoms with E-state index >= 15 is 0 Å². The summed E-state index contributed by atoms with van der Waals surface area (Å²) in [5.74, 6) is -0.622. The molecular weight excluding hydrogens is 311 g/mol. The molecule has 5 nitrogen and oxygen atoms in total. The average Bonchev–Trinajstić information content (AvgIpc) is 2.85. The predicted molar refractivity (Wildman–Crippen MR) is 80.5 cm³/mol. The van der Waals surface area contributed by atoms with Gasteiger partial charge in [-0.15, -0.1) is 0 Å². The Kier molecular flexibility index (Phi) is 5.24. The number of hydrogen-bond donors (Lipinski definition) is 1. The molecule has 0 bridgehead atoms. The fourth-order valence-corrected chi connectivity index (χ4v) is 2.84. The van der Waals surface area contributed by atoms with E-state index in [9.17, 15) is 14.0 Å². The lowest BCUT2D eigenvalue weighted by Gasteiger charge is -2.22. The van der Waals surface area contributed by atoms with Crippen molar-refractivity contribution in [2.45, 2.75) is 32.0 Å². The molecule has 0 aliphatic carbocycles. The molecule has 0 spiro atoms. The monoisotopic (exact) mass is 328 g/mol. The topological polar surface area (TPSA) is 72.6 Å². The SMILES string of the molecule is CCOc1c(Cl)cccc1CC(=O)N1C[C@H](F)C[C@H]1C(N)=O. The van der Waals surface area contributed by atoms with Crippen LogP contribution in [0.1, 0.15) is 18.9 Å². The highest BCUT2D eigenvalue weighted by molar-refractivity contribution is 6.32. The highest BCUT2D eigenvalue weighted by Gasteiger charge is 2.38. The lowest BCUT2D eigenvalue weighted by Crippen LogP contribution is -2.44. The molecule has 120 valence electrons. The van der Waals surface area contributed by atoms with Crippen LogP contribution >= 0.6 is 11.6 Å². The highest BCUT2D eigenvalue weighted by atomic mass is 35.5. The van der Waals surface area contributed by atoms with E-state index in [1.807, 2.05) is 6.92 Å². The van der Waals surface area contributed by atoms with Crippen molar-refractivity contribution in [3.05, 3.63) is 28.8 Å². The summed E-state index contributed by atoms with van der Waals surface area (Å²) in [6.45, 7) is 2.11. The van der Waals surface area contributed by atoms with Crippen molar-refractivity contribution >= 4 is 23.4 Å². The van der Waals surface area contributed by atoms with E-state index in [1.165, 1.54) is 4.90 Å². The van der Waals surface area contributed by atoms with Crippen molar-refractivity contribution in [1.82, 2.24) is 4.90 Å². The number of hydrogen-bond acceptors (Lipinski definition) is 3. The van der Waals surface area contributed by atoms with Crippen molar-refractivity contribution in [3.8, 4) is 5.75 Å². The van der Waals surface area contributed by atoms with Gasteiger partial charge in [-0.05, 0) is 13.0 Å². The van der Waals surface area contributed by atoms with Gasteiger partial charge in [0.25, 0.3) is 0 Å². The second kappa shape index (κ2) is 6.96. The molecule has 1 aromatic carbocycles. The van der Waals surface area contributed by atoms with Gasteiger partial charge < -0.3 is 15.4 Å². The van der Waals surface area contributed by atoms with Gasteiger partial charge in [-0.1, -0.05) is 23.7 Å². The molecule has 22 heavy (non-hydrogen) atoms. The number of alkyl halides is 1. The van der Waals surface area contributed by atoms with Crippen LogP contribution < -0.4 is 10.5 Å². The number of para-hydroxylation sites is 1. The summed E-state index contributed by atoms with van der Waals surface area (Å²) in [5, 5.41) is 0.406. The maximum Gasteiger partial charge on any atom is 0.240 e. The number of carbonyl (C=O) groups is 2. The molecule has 0 unspecified atom stereocenters. The number of likely N-dealkylation sites (tertiary alicyclic amines) is 1. The van der Waals surface area contributed by atoms with Crippen molar-refractivity contribution in [3.63, 3.8) is 0 Å². The van der Waals surface area contributed by atoms with Crippen LogP contribution in [0.3, 0.4) is 0 Å². The number of nitrogens with zero attached hydrogens (tertiary/aromatic N) is 1. The van der Waals surface area contributed by atoms with E-state index in [4.69, 9.17) is 22.1 Å². The van der Waals surface area contributed by atoms with E-state index in [2.05, 4.69) is 0 Å². The van der Waals surface area contributed by atoms with E-state index in [1.54, 1.807) is 18.2 Å². The molecular formula is C15H18ClFN2O3. The molecule has 1 saturated heterocycles. The average molecular weight is 329 g/mol. The zero-order chi connectivity index (χ0) is 16.3. The Labute approximate surface area is 133 Å². The van der Waals surface area contributed by atoms with Crippen LogP contribution in [0.15, 0.2) is 18.2 Å². The van der Waals surface area contributed by atoms with Gasteiger partial charge in [-0.25, -0.2) is 4.39 Å². The zero-order valence-corrected chi connectivity index (χ0v) is 13.0. The predicted octanol–water partition coefficient (Wildman–Crippen LogP) is 1.71. The molecule has 7 heteroatoms. The van der Waals surface area contributed by atoms with Crippen LogP contribution in [0.2, 0.25) is 5.02 Å². The molecule has 0 aromatic heterocycles. The Morgan fingerprint density at radius 3 is 2.86 bits per heavy atom. The first-order chi connectivity index (χ1) is 10.4. The maximum absolute atomic E-state index is 13.5. The summed E-state index contributed by atoms with van der Waals surface area (Å²) in [4.78, 5) is 24.9. The summed E-state index contributed by atoms with van der Waals surface area (Å²) in [7, 11) is 0. The molecule has 2 rings (SSSR count). The highest BCUT2D eigenvalue weighted by Crippen LogP contribution is 2.30. The summed E-state index contributed by atoms with van der Waals surface area (Å²) in [6, 6.07) is 4.20. The zero-order valence-electron chi connectivity index (χ0n) is 12.2. The Morgan fingerprint density at radius 1 is 1.50 bits per heavy atom. The first kappa shape index (κ1) is 16.5. The summed E-state index contributed by atoms with van der Waals surface area (Å²) in [6.07, 6.45) is -1.30.